The molecule has 1 saturated heterocycles. The Bertz CT molecular complexity index is 1340. The first-order valence-corrected chi connectivity index (χ1v) is 11.6. The van der Waals surface area contributed by atoms with Gasteiger partial charge in [0.15, 0.2) is 0 Å². The van der Waals surface area contributed by atoms with E-state index in [9.17, 15) is 9.59 Å². The number of carbonyl (C=O) groups excluding carboxylic acids is 2. The largest absolute Gasteiger partial charge is 0.309 e. The number of thioether (sulfide) groups is 1. The van der Waals surface area contributed by atoms with Crippen molar-refractivity contribution >= 4 is 44.9 Å². The van der Waals surface area contributed by atoms with Crippen molar-refractivity contribution in [2.45, 2.75) is 0 Å². The number of nitrogens with zero attached hydrogens (tertiary/aromatic N) is 1. The second-order valence-corrected chi connectivity index (χ2v) is 9.16. The van der Waals surface area contributed by atoms with E-state index in [1.54, 1.807) is 6.08 Å². The second kappa shape index (κ2) is 8.65. The van der Waals surface area contributed by atoms with Crippen LogP contribution in [-0.4, -0.2) is 15.7 Å². The molecule has 156 valence electrons. The number of rotatable bonds is 4. The Hall–Kier alpha value is -3.35. The Balaban J connectivity index is 1.83. The van der Waals surface area contributed by atoms with Crippen LogP contribution >= 0.6 is 27.7 Å². The zero-order chi connectivity index (χ0) is 22.1. The molecule has 0 atom stereocenters. The van der Waals surface area contributed by atoms with Crippen molar-refractivity contribution in [3.05, 3.63) is 106 Å². The van der Waals surface area contributed by atoms with Gasteiger partial charge in [0.1, 0.15) is 0 Å². The molecule has 0 saturated carbocycles. The second-order valence-electron chi connectivity index (χ2n) is 7.23. The molecule has 1 fully saturated rings. The van der Waals surface area contributed by atoms with Crippen molar-refractivity contribution in [3.8, 4) is 28.2 Å². The summed E-state index contributed by atoms with van der Waals surface area (Å²) in [6.07, 6.45) is 1.80. The highest BCUT2D eigenvalue weighted by Gasteiger charge is 2.27. The molecular weight excluding hydrogens is 484 g/mol. The highest BCUT2D eigenvalue weighted by Crippen LogP contribution is 2.38. The zero-order valence-electron chi connectivity index (χ0n) is 16.8. The fourth-order valence-corrected chi connectivity index (χ4v) is 4.71. The lowest BCUT2D eigenvalue weighted by atomic mass is 10.1. The average Bonchev–Trinajstić information content (AvgIpc) is 3.34. The summed E-state index contributed by atoms with van der Waals surface area (Å²) in [6, 6.07) is 30.4. The van der Waals surface area contributed by atoms with Gasteiger partial charge in [0.25, 0.3) is 11.1 Å². The van der Waals surface area contributed by atoms with Gasteiger partial charge in [-0.15, -0.1) is 0 Å². The molecule has 2 heterocycles. The highest BCUT2D eigenvalue weighted by atomic mass is 79.9. The molecule has 1 N–H and O–H groups in total. The number of hydrogen-bond acceptors (Lipinski definition) is 3. The Labute approximate surface area is 198 Å². The van der Waals surface area contributed by atoms with E-state index in [1.807, 2.05) is 48.5 Å². The molecule has 4 aromatic rings. The molecule has 0 aliphatic carbocycles. The molecule has 3 aromatic carbocycles. The van der Waals surface area contributed by atoms with Crippen LogP contribution in [0.4, 0.5) is 4.79 Å². The minimum absolute atomic E-state index is 0.349. The number of nitrogens with one attached hydrogen (secondary N) is 1. The minimum atomic E-state index is -0.364. The number of imide groups is 1. The van der Waals surface area contributed by atoms with E-state index in [4.69, 9.17) is 0 Å². The summed E-state index contributed by atoms with van der Waals surface area (Å²) in [6.45, 7) is 0. The van der Waals surface area contributed by atoms with Crippen LogP contribution in [0.5, 0.6) is 0 Å². The van der Waals surface area contributed by atoms with E-state index in [2.05, 4.69) is 68.3 Å². The van der Waals surface area contributed by atoms with E-state index >= 15 is 0 Å². The third kappa shape index (κ3) is 3.95. The number of hydrogen-bond donors (Lipinski definition) is 1. The topological polar surface area (TPSA) is 51.1 Å². The van der Waals surface area contributed by atoms with Gasteiger partial charge < -0.3 is 4.57 Å². The fraction of sp³-hybridized carbons (Fsp3) is 0. The Kier molecular flexibility index (Phi) is 5.55. The number of halogens is 1. The molecule has 1 aliphatic rings. The van der Waals surface area contributed by atoms with Gasteiger partial charge in [0.05, 0.1) is 16.3 Å². The van der Waals surface area contributed by atoms with Crippen LogP contribution in [-0.2, 0) is 4.79 Å². The van der Waals surface area contributed by atoms with Gasteiger partial charge in [-0.3, -0.25) is 14.9 Å². The van der Waals surface area contributed by atoms with Crippen molar-refractivity contribution in [2.75, 3.05) is 0 Å². The maximum Gasteiger partial charge on any atom is 0.290 e. The molecule has 6 heteroatoms. The quantitative estimate of drug-likeness (QED) is 0.310. The molecule has 32 heavy (non-hydrogen) atoms. The van der Waals surface area contributed by atoms with Gasteiger partial charge in [-0.25, -0.2) is 0 Å². The molecular formula is C26H17BrN2O2S. The summed E-state index contributed by atoms with van der Waals surface area (Å²) < 4.78 is 3.19. The zero-order valence-corrected chi connectivity index (χ0v) is 19.2. The van der Waals surface area contributed by atoms with Gasteiger partial charge in [-0.05, 0) is 59.3 Å². The van der Waals surface area contributed by atoms with E-state index in [0.29, 0.717) is 4.91 Å². The molecule has 4 nitrogen and oxygen atoms in total. The monoisotopic (exact) mass is 500 g/mol. The maximum absolute atomic E-state index is 12.3. The van der Waals surface area contributed by atoms with Gasteiger partial charge in [-0.1, -0.05) is 76.6 Å². The Morgan fingerprint density at radius 1 is 0.812 bits per heavy atom. The molecule has 0 unspecified atom stereocenters. The first-order valence-electron chi connectivity index (χ1n) is 9.97. The summed E-state index contributed by atoms with van der Waals surface area (Å²) >= 11 is 4.45. The number of aromatic nitrogens is 1. The summed E-state index contributed by atoms with van der Waals surface area (Å²) in [5.74, 6) is -0.364. The van der Waals surface area contributed by atoms with Crippen molar-refractivity contribution in [1.82, 2.24) is 9.88 Å². The molecule has 2 amide bonds. The predicted molar refractivity (Wildman–Crippen MR) is 133 cm³/mol. The maximum atomic E-state index is 12.3. The third-order valence-electron chi connectivity index (χ3n) is 5.16. The summed E-state index contributed by atoms with van der Waals surface area (Å²) in [4.78, 5) is 24.4. The first-order chi connectivity index (χ1) is 15.6. The van der Waals surface area contributed by atoms with Crippen LogP contribution in [0.15, 0.2) is 100 Å². The highest BCUT2D eigenvalue weighted by molar-refractivity contribution is 9.10. The summed E-state index contributed by atoms with van der Waals surface area (Å²) in [5, 5.41) is 1.99. The van der Waals surface area contributed by atoms with Crippen molar-refractivity contribution in [2.24, 2.45) is 0 Å². The van der Waals surface area contributed by atoms with Crippen LogP contribution < -0.4 is 5.32 Å². The van der Waals surface area contributed by atoms with E-state index in [1.165, 1.54) is 0 Å². The summed E-state index contributed by atoms with van der Waals surface area (Å²) in [5.41, 5.74) is 5.87. The van der Waals surface area contributed by atoms with Gasteiger partial charge in [0.2, 0.25) is 0 Å². The average molecular weight is 501 g/mol. The molecule has 0 radical (unpaired) electrons. The lowest BCUT2D eigenvalue weighted by Crippen LogP contribution is -2.17. The smallest absolute Gasteiger partial charge is 0.290 e. The van der Waals surface area contributed by atoms with Gasteiger partial charge in [-0.2, -0.15) is 0 Å². The van der Waals surface area contributed by atoms with Gasteiger partial charge in [0, 0.05) is 15.7 Å². The lowest BCUT2D eigenvalue weighted by molar-refractivity contribution is -0.115. The van der Waals surface area contributed by atoms with Crippen molar-refractivity contribution in [3.63, 3.8) is 0 Å². The first kappa shape index (κ1) is 20.5. The standard InChI is InChI=1S/C26H17BrN2O2S/c27-20-11-13-21(14-12-20)29-22(17-7-3-1-4-8-17)15-19(16-23-25(30)28-26(31)32-23)24(29)18-9-5-2-6-10-18/h1-16H,(H,28,30,31)/b23-16+. The molecule has 5 rings (SSSR count). The lowest BCUT2D eigenvalue weighted by Gasteiger charge is -2.15. The number of carbonyl (C=O) groups is 2. The fourth-order valence-electron chi connectivity index (χ4n) is 3.77. The number of benzene rings is 3. The van der Waals surface area contributed by atoms with Crippen LogP contribution in [0.3, 0.4) is 0 Å². The molecule has 0 spiro atoms. The summed E-state index contributed by atoms with van der Waals surface area (Å²) in [7, 11) is 0. The minimum Gasteiger partial charge on any atom is -0.309 e. The molecule has 1 aromatic heterocycles. The van der Waals surface area contributed by atoms with E-state index in [0.717, 1.165) is 50.0 Å². The SMILES string of the molecule is O=C1NC(=O)/C(=C\c2cc(-c3ccccc3)n(-c3ccc(Br)cc3)c2-c2ccccc2)S1. The van der Waals surface area contributed by atoms with E-state index < -0.39 is 0 Å². The van der Waals surface area contributed by atoms with Crippen LogP contribution in [0.25, 0.3) is 34.3 Å². The van der Waals surface area contributed by atoms with Crippen molar-refractivity contribution in [1.29, 1.82) is 0 Å². The molecule has 1 aliphatic heterocycles. The van der Waals surface area contributed by atoms with Crippen LogP contribution in [0, 0.1) is 0 Å². The Morgan fingerprint density at radius 3 is 2.03 bits per heavy atom. The third-order valence-corrected chi connectivity index (χ3v) is 6.50. The molecule has 0 bridgehead atoms. The number of amides is 2. The predicted octanol–water partition coefficient (Wildman–Crippen LogP) is 6.90. The normalized spacial score (nSPS) is 14.7. The van der Waals surface area contributed by atoms with Crippen molar-refractivity contribution < 1.29 is 9.59 Å². The Morgan fingerprint density at radius 2 is 1.44 bits per heavy atom. The van der Waals surface area contributed by atoms with Crippen LogP contribution in [0.1, 0.15) is 5.56 Å². The van der Waals surface area contributed by atoms with Crippen LogP contribution in [0.2, 0.25) is 0 Å². The van der Waals surface area contributed by atoms with Gasteiger partial charge >= 0.3 is 0 Å². The van der Waals surface area contributed by atoms with E-state index in [-0.39, 0.29) is 11.1 Å².